The fraction of sp³-hybridized carbons (Fsp3) is 0.450. The Kier molecular flexibility index (Phi) is 5.36. The molecule has 0 unspecified atom stereocenters. The van der Waals surface area contributed by atoms with Crippen LogP contribution < -0.4 is 10.2 Å². The van der Waals surface area contributed by atoms with Gasteiger partial charge in [0.25, 0.3) is 0 Å². The van der Waals surface area contributed by atoms with E-state index in [1.807, 2.05) is 36.2 Å². The van der Waals surface area contributed by atoms with Gasteiger partial charge >= 0.3 is 6.09 Å². The van der Waals surface area contributed by atoms with Gasteiger partial charge in [0.1, 0.15) is 11.1 Å². The quantitative estimate of drug-likeness (QED) is 0.543. The van der Waals surface area contributed by atoms with Gasteiger partial charge in [-0.2, -0.15) is 10.1 Å². The minimum atomic E-state index is -1.15. The van der Waals surface area contributed by atoms with Crippen LogP contribution in [0.4, 0.5) is 22.4 Å². The van der Waals surface area contributed by atoms with Crippen LogP contribution in [0, 0.1) is 6.92 Å². The van der Waals surface area contributed by atoms with Gasteiger partial charge in [0.15, 0.2) is 11.6 Å². The molecule has 32 heavy (non-hydrogen) atoms. The maximum absolute atomic E-state index is 13.0. The average molecular weight is 441 g/mol. The minimum absolute atomic E-state index is 0.222. The molecule has 0 aliphatic carbocycles. The number of aryl methyl sites for hydroxylation is 1. The maximum atomic E-state index is 13.0. The van der Waals surface area contributed by atoms with Crippen LogP contribution in [0.5, 0.6) is 0 Å². The van der Waals surface area contributed by atoms with Gasteiger partial charge in [0.2, 0.25) is 11.9 Å². The molecular weight excluding hydrogens is 414 g/mol. The largest absolute Gasteiger partial charge is 0.465 e. The lowest BCUT2D eigenvalue weighted by Gasteiger charge is -2.40. The Labute approximate surface area is 184 Å². The number of hydrogen-bond acceptors (Lipinski definition) is 7. The number of likely N-dealkylation sites (N-methyl/N-ethyl adjacent to an activating group) is 1. The Hall–Kier alpha value is -3.83. The van der Waals surface area contributed by atoms with Crippen LogP contribution in [-0.2, 0) is 4.79 Å². The highest BCUT2D eigenvalue weighted by atomic mass is 16.4. The zero-order valence-electron chi connectivity index (χ0n) is 18.5. The predicted octanol–water partition coefficient (Wildman–Crippen LogP) is 1.54. The summed E-state index contributed by atoms with van der Waals surface area (Å²) in [6, 6.07) is 5.71. The summed E-state index contributed by atoms with van der Waals surface area (Å²) in [7, 11) is 1.41. The molecule has 3 aromatic rings. The van der Waals surface area contributed by atoms with Crippen molar-refractivity contribution >= 4 is 35.1 Å². The smallest absolute Gasteiger partial charge is 0.407 e. The van der Waals surface area contributed by atoms with Gasteiger partial charge in [-0.05, 0) is 32.9 Å². The molecule has 12 nitrogen and oxygen atoms in total. The van der Waals surface area contributed by atoms with Gasteiger partial charge in [-0.15, -0.1) is 5.10 Å². The van der Waals surface area contributed by atoms with Crippen molar-refractivity contribution in [3.8, 4) is 0 Å². The molecule has 1 saturated heterocycles. The molecule has 12 heteroatoms. The van der Waals surface area contributed by atoms with E-state index in [0.717, 1.165) is 16.1 Å². The number of carbonyl (C=O) groups is 2. The first-order chi connectivity index (χ1) is 15.2. The zero-order chi connectivity index (χ0) is 23.0. The number of nitrogens with zero attached hydrogens (tertiary/aromatic N) is 7. The molecule has 2 amide bonds. The topological polar surface area (TPSA) is 135 Å². The third kappa shape index (κ3) is 3.90. The Bertz CT molecular complexity index is 1140. The number of fused-ring (bicyclic) bond motifs is 1. The molecule has 0 bridgehead atoms. The molecule has 1 aliphatic rings. The summed E-state index contributed by atoms with van der Waals surface area (Å²) in [5, 5.41) is 24.2. The van der Waals surface area contributed by atoms with Gasteiger partial charge in [-0.1, -0.05) is 0 Å². The molecule has 0 radical (unpaired) electrons. The van der Waals surface area contributed by atoms with E-state index in [9.17, 15) is 14.7 Å². The Balaban J connectivity index is 1.50. The van der Waals surface area contributed by atoms with Crippen LogP contribution in [0.15, 0.2) is 24.4 Å². The molecule has 1 aliphatic heterocycles. The van der Waals surface area contributed by atoms with Crippen molar-refractivity contribution in [1.82, 2.24) is 34.6 Å². The number of carbonyl (C=O) groups excluding carboxylic acids is 1. The predicted molar refractivity (Wildman–Crippen MR) is 118 cm³/mol. The van der Waals surface area contributed by atoms with E-state index in [1.54, 1.807) is 23.3 Å². The molecule has 0 atom stereocenters. The van der Waals surface area contributed by atoms with E-state index < -0.39 is 11.6 Å². The van der Waals surface area contributed by atoms with Crippen LogP contribution in [0.1, 0.15) is 19.5 Å². The van der Waals surface area contributed by atoms with Gasteiger partial charge in [0.05, 0.1) is 0 Å². The number of piperazine rings is 1. The number of H-pyrrole nitrogens is 1. The summed E-state index contributed by atoms with van der Waals surface area (Å²) < 4.78 is 1.76. The lowest BCUT2D eigenvalue weighted by atomic mass is 10.0. The number of amides is 2. The van der Waals surface area contributed by atoms with Crippen molar-refractivity contribution in [2.75, 3.05) is 43.4 Å². The molecule has 4 rings (SSSR count). The molecular formula is C20H27N9O3. The van der Waals surface area contributed by atoms with Crippen molar-refractivity contribution in [3.05, 3.63) is 30.1 Å². The third-order valence-electron chi connectivity index (χ3n) is 5.83. The first kappa shape index (κ1) is 21.4. The highest BCUT2D eigenvalue weighted by molar-refractivity contribution is 5.89. The Morgan fingerprint density at radius 1 is 1.25 bits per heavy atom. The number of aromatic nitrogens is 5. The van der Waals surface area contributed by atoms with Crippen molar-refractivity contribution < 1.29 is 14.7 Å². The summed E-state index contributed by atoms with van der Waals surface area (Å²) in [5.74, 6) is 1.61. The minimum Gasteiger partial charge on any atom is -0.465 e. The van der Waals surface area contributed by atoms with Gasteiger partial charge in [-0.25, -0.2) is 9.31 Å². The van der Waals surface area contributed by atoms with E-state index >= 15 is 0 Å². The molecule has 0 spiro atoms. The van der Waals surface area contributed by atoms with Gasteiger partial charge < -0.3 is 20.2 Å². The number of aromatic amines is 1. The molecule has 0 saturated carbocycles. The van der Waals surface area contributed by atoms with E-state index in [-0.39, 0.29) is 5.91 Å². The van der Waals surface area contributed by atoms with Gasteiger partial charge in [0, 0.05) is 51.2 Å². The summed E-state index contributed by atoms with van der Waals surface area (Å²) in [5.41, 5.74) is 0.611. The molecule has 4 heterocycles. The van der Waals surface area contributed by atoms with E-state index in [0.29, 0.717) is 43.8 Å². The van der Waals surface area contributed by atoms with E-state index in [2.05, 4.69) is 20.6 Å². The van der Waals surface area contributed by atoms with Crippen molar-refractivity contribution in [1.29, 1.82) is 0 Å². The van der Waals surface area contributed by atoms with Crippen LogP contribution in [0.25, 0.3) is 5.52 Å². The van der Waals surface area contributed by atoms with Crippen LogP contribution in [-0.4, -0.2) is 90.5 Å². The second-order valence-corrected chi connectivity index (χ2v) is 8.34. The van der Waals surface area contributed by atoms with Crippen molar-refractivity contribution in [2.24, 2.45) is 0 Å². The second kappa shape index (κ2) is 8.02. The fourth-order valence-electron chi connectivity index (χ4n) is 3.63. The van der Waals surface area contributed by atoms with Gasteiger partial charge in [-0.3, -0.25) is 14.8 Å². The van der Waals surface area contributed by atoms with Crippen molar-refractivity contribution in [2.45, 2.75) is 26.3 Å². The van der Waals surface area contributed by atoms with E-state index in [1.165, 1.54) is 7.05 Å². The number of rotatable bonds is 5. The first-order valence-corrected chi connectivity index (χ1v) is 10.3. The van der Waals surface area contributed by atoms with Crippen LogP contribution >= 0.6 is 0 Å². The fourth-order valence-corrected chi connectivity index (χ4v) is 3.63. The summed E-state index contributed by atoms with van der Waals surface area (Å²) in [6.45, 7) is 7.13. The maximum Gasteiger partial charge on any atom is 0.407 e. The number of nitrogens with one attached hydrogen (secondary N) is 2. The average Bonchev–Trinajstić information content (AvgIpc) is 3.41. The zero-order valence-corrected chi connectivity index (χ0v) is 18.5. The SMILES string of the molecule is Cc1cc(Nc2nc(N3CCN(C(=O)C(C)(C)N(C)C(=O)O)CC3)nn3cccc23)n[nH]1. The number of hydrogen-bond donors (Lipinski definition) is 3. The summed E-state index contributed by atoms with van der Waals surface area (Å²) in [4.78, 5) is 33.7. The lowest BCUT2D eigenvalue weighted by Crippen LogP contribution is -2.60. The molecule has 0 aromatic carbocycles. The first-order valence-electron chi connectivity index (χ1n) is 10.3. The normalized spacial score (nSPS) is 14.6. The monoisotopic (exact) mass is 441 g/mol. The Morgan fingerprint density at radius 2 is 1.97 bits per heavy atom. The Morgan fingerprint density at radius 3 is 2.59 bits per heavy atom. The lowest BCUT2D eigenvalue weighted by molar-refractivity contribution is -0.141. The molecule has 170 valence electrons. The molecule has 1 fully saturated rings. The van der Waals surface area contributed by atoms with Crippen LogP contribution in [0.3, 0.4) is 0 Å². The third-order valence-corrected chi connectivity index (χ3v) is 5.83. The van der Waals surface area contributed by atoms with E-state index in [4.69, 9.17) is 4.98 Å². The highest BCUT2D eigenvalue weighted by Crippen LogP contribution is 2.23. The molecule has 3 N–H and O–H groups in total. The summed E-state index contributed by atoms with van der Waals surface area (Å²) >= 11 is 0. The standard InChI is InChI=1S/C20H27N9O3/c1-13-12-15(24-23-13)21-16-14-6-5-7-29(14)25-18(22-16)28-10-8-27(9-11-28)17(30)20(2,3)26(4)19(31)32/h5-7,12H,8-11H2,1-4H3,(H,31,32)(H2,21,22,23,24,25). The highest BCUT2D eigenvalue weighted by Gasteiger charge is 2.39. The summed E-state index contributed by atoms with van der Waals surface area (Å²) in [6.07, 6.45) is 0.716. The van der Waals surface area contributed by atoms with Crippen LogP contribution in [0.2, 0.25) is 0 Å². The number of anilines is 3. The number of carboxylic acid groups (broad SMARTS) is 1. The second-order valence-electron chi connectivity index (χ2n) is 8.34. The molecule has 3 aromatic heterocycles. The van der Waals surface area contributed by atoms with Crippen molar-refractivity contribution in [3.63, 3.8) is 0 Å².